The summed E-state index contributed by atoms with van der Waals surface area (Å²) in [6.45, 7) is 3.29. The summed E-state index contributed by atoms with van der Waals surface area (Å²) < 4.78 is 5.93. The summed E-state index contributed by atoms with van der Waals surface area (Å²) in [6, 6.07) is 9.63. The molecule has 1 spiro atoms. The molecule has 2 aromatic rings. The van der Waals surface area contributed by atoms with E-state index in [9.17, 15) is 4.79 Å². The average Bonchev–Trinajstić information content (AvgIpc) is 3.14. The predicted molar refractivity (Wildman–Crippen MR) is 86.3 cm³/mol. The first-order chi connectivity index (χ1) is 10.7. The maximum absolute atomic E-state index is 12.5. The molecular formula is C17H18N2O2S. The maximum atomic E-state index is 12.5. The van der Waals surface area contributed by atoms with E-state index < -0.39 is 0 Å². The van der Waals surface area contributed by atoms with E-state index in [1.54, 1.807) is 11.3 Å². The van der Waals surface area contributed by atoms with E-state index in [0.717, 1.165) is 26.1 Å². The Labute approximate surface area is 133 Å². The molecule has 4 rings (SSSR count). The van der Waals surface area contributed by atoms with Gasteiger partial charge in [-0.15, -0.1) is 0 Å². The van der Waals surface area contributed by atoms with Crippen LogP contribution in [0.25, 0.3) is 0 Å². The van der Waals surface area contributed by atoms with Crippen LogP contribution in [0.1, 0.15) is 22.3 Å². The van der Waals surface area contributed by atoms with Gasteiger partial charge >= 0.3 is 0 Å². The van der Waals surface area contributed by atoms with Gasteiger partial charge in [0.15, 0.2) is 0 Å². The highest BCUT2D eigenvalue weighted by atomic mass is 32.1. The summed E-state index contributed by atoms with van der Waals surface area (Å²) in [5.41, 5.74) is 1.70. The number of rotatable bonds is 2. The Bertz CT molecular complexity index is 686. The van der Waals surface area contributed by atoms with E-state index in [4.69, 9.17) is 4.74 Å². The number of amides is 1. The summed E-state index contributed by atoms with van der Waals surface area (Å²) >= 11 is 1.72. The van der Waals surface area contributed by atoms with Crippen molar-refractivity contribution in [2.75, 3.05) is 19.7 Å². The van der Waals surface area contributed by atoms with Crippen molar-refractivity contribution in [1.82, 2.24) is 10.2 Å². The number of nitrogens with zero attached hydrogens (tertiary/aromatic N) is 1. The zero-order valence-corrected chi connectivity index (χ0v) is 13.1. The van der Waals surface area contributed by atoms with Gasteiger partial charge < -0.3 is 10.1 Å². The minimum atomic E-state index is -0.272. The van der Waals surface area contributed by atoms with Gasteiger partial charge in [0.2, 0.25) is 0 Å². The first-order valence-corrected chi connectivity index (χ1v) is 8.46. The number of benzene rings is 1. The van der Waals surface area contributed by atoms with Gasteiger partial charge in [0.1, 0.15) is 12.4 Å². The first-order valence-electron chi connectivity index (χ1n) is 7.52. The lowest BCUT2D eigenvalue weighted by atomic mass is 10.00. The van der Waals surface area contributed by atoms with Crippen LogP contribution < -0.4 is 10.1 Å². The van der Waals surface area contributed by atoms with Crippen molar-refractivity contribution in [3.8, 4) is 5.75 Å². The van der Waals surface area contributed by atoms with E-state index in [0.29, 0.717) is 17.9 Å². The number of nitrogens with one attached hydrogen (secondary N) is 1. The molecule has 1 saturated heterocycles. The number of hydrogen-bond acceptors (Lipinski definition) is 4. The van der Waals surface area contributed by atoms with Crippen molar-refractivity contribution in [2.45, 2.75) is 18.5 Å². The summed E-state index contributed by atoms with van der Waals surface area (Å²) in [6.07, 6.45) is 0.927. The molecule has 0 aliphatic carbocycles. The molecule has 0 bridgehead atoms. The van der Waals surface area contributed by atoms with Crippen LogP contribution in [0.4, 0.5) is 0 Å². The second kappa shape index (κ2) is 5.41. The Morgan fingerprint density at radius 2 is 2.23 bits per heavy atom. The minimum Gasteiger partial charge on any atom is -0.490 e. The highest BCUT2D eigenvalue weighted by Gasteiger charge is 2.42. The van der Waals surface area contributed by atoms with Crippen molar-refractivity contribution in [1.29, 1.82) is 0 Å². The molecule has 1 aromatic carbocycles. The molecule has 4 nitrogen and oxygen atoms in total. The van der Waals surface area contributed by atoms with Crippen molar-refractivity contribution in [3.05, 3.63) is 52.2 Å². The number of carbonyl (C=O) groups excluding carboxylic acids is 1. The van der Waals surface area contributed by atoms with Crippen molar-refractivity contribution in [3.63, 3.8) is 0 Å². The largest absolute Gasteiger partial charge is 0.490 e. The van der Waals surface area contributed by atoms with E-state index in [1.807, 2.05) is 24.3 Å². The molecule has 0 radical (unpaired) electrons. The van der Waals surface area contributed by atoms with Crippen LogP contribution >= 0.6 is 11.3 Å². The van der Waals surface area contributed by atoms with Crippen LogP contribution in [0.15, 0.2) is 41.1 Å². The molecule has 2 aliphatic rings. The minimum absolute atomic E-state index is 0.0227. The van der Waals surface area contributed by atoms with Crippen LogP contribution in [0.2, 0.25) is 0 Å². The summed E-state index contributed by atoms with van der Waals surface area (Å²) in [5.74, 6) is 0.665. The molecule has 22 heavy (non-hydrogen) atoms. The number of thiophene rings is 1. The average molecular weight is 314 g/mol. The molecule has 0 saturated carbocycles. The van der Waals surface area contributed by atoms with E-state index >= 15 is 0 Å². The van der Waals surface area contributed by atoms with Gasteiger partial charge in [-0.1, -0.05) is 12.1 Å². The summed E-state index contributed by atoms with van der Waals surface area (Å²) in [4.78, 5) is 14.9. The molecule has 5 heteroatoms. The lowest BCUT2D eigenvalue weighted by Crippen LogP contribution is -2.53. The lowest BCUT2D eigenvalue weighted by Gasteiger charge is -2.28. The molecule has 1 N–H and O–H groups in total. The molecular weight excluding hydrogens is 296 g/mol. The summed E-state index contributed by atoms with van der Waals surface area (Å²) in [5, 5.41) is 7.51. The normalized spacial score (nSPS) is 24.6. The quantitative estimate of drug-likeness (QED) is 0.926. The van der Waals surface area contributed by atoms with Crippen LogP contribution in [0.5, 0.6) is 5.75 Å². The Morgan fingerprint density at radius 3 is 3.09 bits per heavy atom. The van der Waals surface area contributed by atoms with Crippen molar-refractivity contribution >= 4 is 17.2 Å². The molecule has 1 unspecified atom stereocenters. The van der Waals surface area contributed by atoms with Gasteiger partial charge in [0, 0.05) is 19.6 Å². The fraction of sp³-hybridized carbons (Fsp3) is 0.353. The standard InChI is InChI=1S/C17H18N2O2S/c20-16-14-3-1-2-4-15(14)21-12-17(18-16)6-7-19(11-17)9-13-5-8-22-10-13/h1-5,8,10H,6-7,9,11-12H2,(H,18,20). The Balaban J connectivity index is 1.51. The Morgan fingerprint density at radius 1 is 1.32 bits per heavy atom. The van der Waals surface area contributed by atoms with Crippen LogP contribution in [-0.2, 0) is 6.54 Å². The second-order valence-corrected chi connectivity index (χ2v) is 6.89. The van der Waals surface area contributed by atoms with E-state index in [1.165, 1.54) is 5.56 Å². The third-order valence-corrected chi connectivity index (χ3v) is 5.17. The molecule has 1 atom stereocenters. The highest BCUT2D eigenvalue weighted by Crippen LogP contribution is 2.29. The molecule has 2 aliphatic heterocycles. The topological polar surface area (TPSA) is 41.6 Å². The van der Waals surface area contributed by atoms with Crippen LogP contribution in [0, 0.1) is 0 Å². The second-order valence-electron chi connectivity index (χ2n) is 6.11. The number of carbonyl (C=O) groups is 1. The lowest BCUT2D eigenvalue weighted by molar-refractivity contribution is 0.0888. The third-order valence-electron chi connectivity index (χ3n) is 4.43. The number of likely N-dealkylation sites (tertiary alicyclic amines) is 1. The van der Waals surface area contributed by atoms with Gasteiger partial charge in [-0.25, -0.2) is 0 Å². The SMILES string of the molecule is O=C1NC2(CCN(Cc3ccsc3)C2)COc2ccccc21. The number of fused-ring (bicyclic) bond motifs is 1. The fourth-order valence-corrected chi connectivity index (χ4v) is 3.95. The van der Waals surface area contributed by atoms with Gasteiger partial charge in [-0.05, 0) is 40.9 Å². The number of para-hydroxylation sites is 1. The van der Waals surface area contributed by atoms with Gasteiger partial charge in [0.05, 0.1) is 11.1 Å². The van der Waals surface area contributed by atoms with E-state index in [-0.39, 0.29) is 11.4 Å². The van der Waals surface area contributed by atoms with Crippen molar-refractivity contribution in [2.24, 2.45) is 0 Å². The first kappa shape index (κ1) is 13.8. The van der Waals surface area contributed by atoms with Crippen LogP contribution in [-0.4, -0.2) is 36.0 Å². The molecule has 3 heterocycles. The smallest absolute Gasteiger partial charge is 0.255 e. The molecule has 114 valence electrons. The number of ether oxygens (including phenoxy) is 1. The van der Waals surface area contributed by atoms with Gasteiger partial charge in [-0.3, -0.25) is 9.69 Å². The number of hydrogen-bond donors (Lipinski definition) is 1. The maximum Gasteiger partial charge on any atom is 0.255 e. The Kier molecular flexibility index (Phi) is 3.39. The van der Waals surface area contributed by atoms with Gasteiger partial charge in [-0.2, -0.15) is 11.3 Å². The summed E-state index contributed by atoms with van der Waals surface area (Å²) in [7, 11) is 0. The monoisotopic (exact) mass is 314 g/mol. The highest BCUT2D eigenvalue weighted by molar-refractivity contribution is 7.07. The van der Waals surface area contributed by atoms with Gasteiger partial charge in [0.25, 0.3) is 5.91 Å². The zero-order chi connectivity index (χ0) is 15.0. The third kappa shape index (κ3) is 2.51. The van der Waals surface area contributed by atoms with E-state index in [2.05, 4.69) is 27.0 Å². The Hall–Kier alpha value is -1.85. The van der Waals surface area contributed by atoms with Crippen LogP contribution in [0.3, 0.4) is 0 Å². The molecule has 1 fully saturated rings. The zero-order valence-electron chi connectivity index (χ0n) is 12.2. The molecule has 1 amide bonds. The molecule has 1 aromatic heterocycles. The van der Waals surface area contributed by atoms with Crippen molar-refractivity contribution < 1.29 is 9.53 Å². The fourth-order valence-electron chi connectivity index (χ4n) is 3.29. The predicted octanol–water partition coefficient (Wildman–Crippen LogP) is 2.52.